The molecule has 0 radical (unpaired) electrons. The fourth-order valence-electron chi connectivity index (χ4n) is 11.4. The minimum atomic E-state index is -0.310. The standard InChI is InChI=1S/C44H50.C25H35BO2.C12H8Br2.CH4/c1-5-9-13-33-15-19-37(20-16-33)43-29-27-39(31-41(43)11-7-3)35-23-25-36(26-24-35)40-28-30-44(42(32-40)12-8-4)38-21-17-34(18-22-38)14-10-6-2;1-7-9-11-19-12-14-20(15-13-19)23-17-16-22(18-21(23)10-8-2)26-27-24(3,4)25(5,6)28-26;13-11-5-1-9(2-6-11)10-3-7-12(14)8-4-10;/h15-32H,5-14H2,1-4H3;12-18H,7-11H2,1-6H3;1-8H;1H4. The van der Waals surface area contributed by atoms with Gasteiger partial charge in [0.05, 0.1) is 11.2 Å². The van der Waals surface area contributed by atoms with Gasteiger partial charge in [0.15, 0.2) is 0 Å². The van der Waals surface area contributed by atoms with Crippen molar-refractivity contribution in [1.29, 1.82) is 0 Å². The summed E-state index contributed by atoms with van der Waals surface area (Å²) in [6.07, 6.45) is 17.6. The largest absolute Gasteiger partial charge is 0.494 e. The zero-order chi connectivity index (χ0) is 61.1. The molecule has 0 unspecified atom stereocenters. The van der Waals surface area contributed by atoms with Gasteiger partial charge in [0.25, 0.3) is 0 Å². The number of aryl methyl sites for hydroxylation is 6. The number of hydrogen-bond donors (Lipinski definition) is 0. The maximum Gasteiger partial charge on any atom is 0.494 e. The second-order valence-corrected chi connectivity index (χ2v) is 26.3. The summed E-state index contributed by atoms with van der Waals surface area (Å²) in [6, 6.07) is 74.2. The molecular weight excluding hydrogens is 1190 g/mol. The SMILES string of the molecule is Brc1ccc(-c2ccc(Br)cc2)cc1.C.CCCCc1ccc(-c2ccc(-c3ccc(-c4ccc(-c5ccc(CCCC)cc5)c(CCC)c4)cc3)cc2CCC)cc1.CCCCc1ccc(-c2ccc(B3OC(C)(C)C(C)(C)O3)cc2CCC)cc1. The highest BCUT2D eigenvalue weighted by atomic mass is 79.9. The van der Waals surface area contributed by atoms with Gasteiger partial charge in [-0.2, -0.15) is 0 Å². The van der Waals surface area contributed by atoms with Crippen molar-refractivity contribution in [3.05, 3.63) is 243 Å². The van der Waals surface area contributed by atoms with Gasteiger partial charge in [0.1, 0.15) is 0 Å². The molecule has 0 saturated carbocycles. The van der Waals surface area contributed by atoms with Crippen LogP contribution in [0.3, 0.4) is 0 Å². The van der Waals surface area contributed by atoms with Crippen molar-refractivity contribution in [3.8, 4) is 66.8 Å². The summed E-state index contributed by atoms with van der Waals surface area (Å²) < 4.78 is 14.7. The van der Waals surface area contributed by atoms with E-state index in [0.29, 0.717) is 0 Å². The Balaban J connectivity index is 0.000000213. The van der Waals surface area contributed by atoms with Crippen LogP contribution in [-0.2, 0) is 47.8 Å². The van der Waals surface area contributed by atoms with Crippen LogP contribution in [0.1, 0.15) is 168 Å². The molecule has 0 amide bonds. The molecule has 0 aliphatic carbocycles. The highest BCUT2D eigenvalue weighted by Gasteiger charge is 2.51. The lowest BCUT2D eigenvalue weighted by atomic mass is 9.77. The smallest absolute Gasteiger partial charge is 0.399 e. The Morgan fingerprint density at radius 1 is 0.299 bits per heavy atom. The second-order valence-electron chi connectivity index (χ2n) is 24.5. The van der Waals surface area contributed by atoms with Crippen molar-refractivity contribution in [2.75, 3.05) is 0 Å². The summed E-state index contributed by atoms with van der Waals surface area (Å²) in [5.41, 5.74) is 24.7. The van der Waals surface area contributed by atoms with Gasteiger partial charge in [-0.1, -0.05) is 295 Å². The normalized spacial score (nSPS) is 13.0. The zero-order valence-corrected chi connectivity index (χ0v) is 56.5. The van der Waals surface area contributed by atoms with Gasteiger partial charge in [-0.05, 0) is 215 Å². The van der Waals surface area contributed by atoms with E-state index in [4.69, 9.17) is 9.31 Å². The van der Waals surface area contributed by atoms with Gasteiger partial charge >= 0.3 is 7.12 Å². The van der Waals surface area contributed by atoms with Gasteiger partial charge in [0.2, 0.25) is 0 Å². The Morgan fingerprint density at radius 2 is 0.563 bits per heavy atom. The number of halogens is 2. The summed E-state index contributed by atoms with van der Waals surface area (Å²) in [6.45, 7) is 22.0. The maximum absolute atomic E-state index is 6.26. The number of hydrogen-bond acceptors (Lipinski definition) is 2. The Hall–Kier alpha value is -6.08. The van der Waals surface area contributed by atoms with Gasteiger partial charge in [-0.15, -0.1) is 0 Å². The fraction of sp³-hybridized carbons (Fsp3) is 0.341. The third kappa shape index (κ3) is 18.7. The van der Waals surface area contributed by atoms with Crippen LogP contribution < -0.4 is 5.46 Å². The third-order valence-corrected chi connectivity index (χ3v) is 18.3. The summed E-state index contributed by atoms with van der Waals surface area (Å²) in [7, 11) is -0.300. The second kappa shape index (κ2) is 33.5. The predicted octanol–water partition coefficient (Wildman–Crippen LogP) is 24.4. The fourth-order valence-corrected chi connectivity index (χ4v) is 11.9. The molecule has 1 heterocycles. The topological polar surface area (TPSA) is 18.5 Å². The molecule has 1 saturated heterocycles. The summed E-state index contributed by atoms with van der Waals surface area (Å²) >= 11 is 6.84. The third-order valence-electron chi connectivity index (χ3n) is 17.2. The molecule has 87 heavy (non-hydrogen) atoms. The molecule has 1 aliphatic rings. The summed E-state index contributed by atoms with van der Waals surface area (Å²) in [4.78, 5) is 0. The molecule has 1 fully saturated rings. The van der Waals surface area contributed by atoms with Crippen molar-refractivity contribution in [3.63, 3.8) is 0 Å². The first-order valence-corrected chi connectivity index (χ1v) is 33.9. The molecule has 9 aromatic rings. The van der Waals surface area contributed by atoms with Crippen molar-refractivity contribution < 1.29 is 9.31 Å². The van der Waals surface area contributed by atoms with E-state index in [0.717, 1.165) is 52.9 Å². The van der Waals surface area contributed by atoms with E-state index in [1.54, 1.807) is 0 Å². The summed E-state index contributed by atoms with van der Waals surface area (Å²) in [5, 5.41) is 0. The predicted molar refractivity (Wildman–Crippen MR) is 388 cm³/mol. The minimum absolute atomic E-state index is 0. The average molecular weight is 1290 g/mol. The van der Waals surface area contributed by atoms with E-state index in [1.807, 2.05) is 0 Å². The van der Waals surface area contributed by atoms with Crippen LogP contribution in [0.5, 0.6) is 0 Å². The highest BCUT2D eigenvalue weighted by molar-refractivity contribution is 9.10. The van der Waals surface area contributed by atoms with Gasteiger partial charge in [0, 0.05) is 8.95 Å². The molecule has 0 spiro atoms. The van der Waals surface area contributed by atoms with E-state index in [-0.39, 0.29) is 25.7 Å². The lowest BCUT2D eigenvalue weighted by molar-refractivity contribution is 0.00578. The maximum atomic E-state index is 6.26. The molecule has 0 aromatic heterocycles. The van der Waals surface area contributed by atoms with E-state index >= 15 is 0 Å². The lowest BCUT2D eigenvalue weighted by Gasteiger charge is -2.32. The summed E-state index contributed by atoms with van der Waals surface area (Å²) in [5.74, 6) is 0. The van der Waals surface area contributed by atoms with E-state index < -0.39 is 0 Å². The Kier molecular flexibility index (Phi) is 26.3. The Bertz CT molecular complexity index is 3320. The Morgan fingerprint density at radius 3 is 0.874 bits per heavy atom. The van der Waals surface area contributed by atoms with Gasteiger partial charge in [-0.3, -0.25) is 0 Å². The quantitative estimate of drug-likeness (QED) is 0.0630. The average Bonchev–Trinajstić information content (AvgIpc) is 1.89. The number of benzene rings is 9. The molecule has 0 atom stereocenters. The lowest BCUT2D eigenvalue weighted by Crippen LogP contribution is -2.41. The van der Waals surface area contributed by atoms with Crippen LogP contribution in [0, 0.1) is 0 Å². The molecule has 10 rings (SSSR count). The molecule has 0 bridgehead atoms. The molecule has 2 nitrogen and oxygen atoms in total. The first-order valence-electron chi connectivity index (χ1n) is 32.3. The first-order chi connectivity index (χ1) is 41.7. The number of unbranched alkanes of at least 4 members (excludes halogenated alkanes) is 3. The van der Waals surface area contributed by atoms with Crippen LogP contribution in [0.15, 0.2) is 209 Å². The molecule has 5 heteroatoms. The van der Waals surface area contributed by atoms with Crippen molar-refractivity contribution >= 4 is 44.4 Å². The van der Waals surface area contributed by atoms with Crippen molar-refractivity contribution in [2.45, 2.75) is 184 Å². The van der Waals surface area contributed by atoms with Crippen LogP contribution in [0.4, 0.5) is 0 Å². The zero-order valence-electron chi connectivity index (χ0n) is 53.3. The highest BCUT2D eigenvalue weighted by Crippen LogP contribution is 2.38. The van der Waals surface area contributed by atoms with Gasteiger partial charge in [-0.25, -0.2) is 0 Å². The van der Waals surface area contributed by atoms with Crippen LogP contribution in [0.25, 0.3) is 66.8 Å². The Labute approximate surface area is 543 Å². The van der Waals surface area contributed by atoms with E-state index in [2.05, 4.69) is 301 Å². The number of rotatable bonds is 22. The minimum Gasteiger partial charge on any atom is -0.399 e. The molecule has 1 aliphatic heterocycles. The van der Waals surface area contributed by atoms with Crippen LogP contribution >= 0.6 is 31.9 Å². The van der Waals surface area contributed by atoms with Crippen LogP contribution in [-0.4, -0.2) is 18.3 Å². The molecule has 0 N–H and O–H groups in total. The van der Waals surface area contributed by atoms with E-state index in [1.165, 1.54) is 158 Å². The molecular formula is C82H97BBr2O2. The van der Waals surface area contributed by atoms with E-state index in [9.17, 15) is 0 Å². The van der Waals surface area contributed by atoms with Crippen molar-refractivity contribution in [1.82, 2.24) is 0 Å². The first kappa shape index (κ1) is 68.4. The molecule has 9 aromatic carbocycles. The molecule has 454 valence electrons. The monoisotopic (exact) mass is 1280 g/mol. The van der Waals surface area contributed by atoms with Crippen LogP contribution in [0.2, 0.25) is 0 Å². The van der Waals surface area contributed by atoms with Crippen molar-refractivity contribution in [2.24, 2.45) is 0 Å². The van der Waals surface area contributed by atoms with Gasteiger partial charge < -0.3 is 9.31 Å².